The maximum Gasteiger partial charge on any atom is 0.0443 e. The third-order valence-corrected chi connectivity index (χ3v) is 14.5. The lowest BCUT2D eigenvalue weighted by Crippen LogP contribution is -2.17. The Morgan fingerprint density at radius 2 is 0.382 bits per heavy atom. The van der Waals surface area contributed by atoms with Gasteiger partial charge in [-0.05, 0) is 146 Å². The van der Waals surface area contributed by atoms with Crippen molar-refractivity contribution in [1.82, 2.24) is 9.97 Å². The van der Waals surface area contributed by atoms with Gasteiger partial charge in [0, 0.05) is 58.2 Å². The van der Waals surface area contributed by atoms with Crippen molar-refractivity contribution in [2.45, 2.75) is 209 Å². The third kappa shape index (κ3) is 14.3. The maximum atomic E-state index is 4.93. The molecule has 0 spiro atoms. The van der Waals surface area contributed by atoms with E-state index in [0.717, 1.165) is 55.6 Å². The second-order valence-corrected chi connectivity index (χ2v) is 29.4. The first kappa shape index (κ1) is 58.7. The molecule has 6 rings (SSSR count). The van der Waals surface area contributed by atoms with Crippen molar-refractivity contribution < 1.29 is 0 Å². The Morgan fingerprint density at radius 3 is 0.539 bits per heavy atom. The van der Waals surface area contributed by atoms with Gasteiger partial charge in [-0.2, -0.15) is 0 Å². The normalized spacial score (nSPS) is 12.6. The van der Waals surface area contributed by atoms with Gasteiger partial charge in [-0.3, -0.25) is 9.97 Å². The fraction of sp³-hybridized carbons (Fsp3) is 0.432. The van der Waals surface area contributed by atoms with Crippen LogP contribution in [0.1, 0.15) is 222 Å². The molecule has 0 aliphatic rings. The topological polar surface area (TPSA) is 25.8 Å². The highest BCUT2D eigenvalue weighted by molar-refractivity contribution is 5.85. The van der Waals surface area contributed by atoms with Crippen molar-refractivity contribution in [1.29, 1.82) is 0 Å². The minimum absolute atomic E-state index is 0.0661. The number of rotatable bonds is 4. The van der Waals surface area contributed by atoms with Gasteiger partial charge in [0.05, 0.1) is 0 Å². The van der Waals surface area contributed by atoms with Gasteiger partial charge in [-0.15, -0.1) is 0 Å². The highest BCUT2D eigenvalue weighted by atomic mass is 14.6. The highest BCUT2D eigenvalue weighted by Crippen LogP contribution is 2.42. The van der Waals surface area contributed by atoms with Crippen LogP contribution in [0, 0.1) is 47.4 Å². The van der Waals surface area contributed by atoms with Gasteiger partial charge in [0.2, 0.25) is 0 Å². The number of benzene rings is 4. The molecule has 0 radical (unpaired) electrons. The summed E-state index contributed by atoms with van der Waals surface area (Å²) in [7, 11) is 0. The zero-order chi connectivity index (χ0) is 56.8. The number of hydrogen-bond acceptors (Lipinski definition) is 2. The molecule has 0 saturated heterocycles. The Kier molecular flexibility index (Phi) is 16.3. The number of nitrogens with zero attached hydrogens (tertiary/aromatic N) is 2. The Hall–Kier alpha value is -6.58. The molecule has 76 heavy (non-hydrogen) atoms. The lowest BCUT2D eigenvalue weighted by molar-refractivity contribution is 0.568. The van der Waals surface area contributed by atoms with Gasteiger partial charge in [0.1, 0.15) is 0 Å². The minimum atomic E-state index is -0.0661. The minimum Gasteiger partial charge on any atom is -0.263 e. The molecule has 2 heteroatoms. The van der Waals surface area contributed by atoms with Crippen LogP contribution in [0.4, 0.5) is 0 Å². The van der Waals surface area contributed by atoms with Crippen LogP contribution in [0.25, 0.3) is 44.5 Å². The first-order chi connectivity index (χ1) is 34.7. The molecule has 394 valence electrons. The lowest BCUT2D eigenvalue weighted by Gasteiger charge is -2.27. The van der Waals surface area contributed by atoms with Crippen LogP contribution in [0.15, 0.2) is 97.6 Å². The summed E-state index contributed by atoms with van der Waals surface area (Å²) >= 11 is 0. The predicted octanol–water partition coefficient (Wildman–Crippen LogP) is 18.9. The second kappa shape index (κ2) is 21.1. The molecule has 6 aromatic rings. The molecule has 0 bridgehead atoms. The maximum absolute atomic E-state index is 4.93. The SMILES string of the molecule is CC(C)(C)c1cc(-c2cncc(-c3cc(C(C)(C)C)cc(C(C)(C)C)c3)c2C#CC#CC#CC#Cc2c(-c3cc(C(C)(C)C)cc(C(C)(C)C)c3)cncc2-c2cc(C(C)(C)C)cc(C(C)(C)C)c2)cc(C(C)(C)C)c1. The van der Waals surface area contributed by atoms with E-state index < -0.39 is 0 Å². The summed E-state index contributed by atoms with van der Waals surface area (Å²) < 4.78 is 0. The average molecular weight is 1010 g/mol. The Balaban J connectivity index is 1.57. The van der Waals surface area contributed by atoms with E-state index in [1.165, 1.54) is 44.5 Å². The van der Waals surface area contributed by atoms with E-state index in [9.17, 15) is 0 Å². The smallest absolute Gasteiger partial charge is 0.0443 e. The number of pyridine rings is 2. The zero-order valence-electron chi connectivity index (χ0n) is 51.1. The van der Waals surface area contributed by atoms with Crippen molar-refractivity contribution in [2.75, 3.05) is 0 Å². The predicted molar refractivity (Wildman–Crippen MR) is 329 cm³/mol. The average Bonchev–Trinajstić information content (AvgIpc) is 3.29. The third-order valence-electron chi connectivity index (χ3n) is 14.5. The molecule has 2 heterocycles. The second-order valence-electron chi connectivity index (χ2n) is 29.4. The molecule has 0 fully saturated rings. The molecule has 0 amide bonds. The van der Waals surface area contributed by atoms with Gasteiger partial charge in [0.15, 0.2) is 0 Å². The summed E-state index contributed by atoms with van der Waals surface area (Å²) in [6.07, 6.45) is 7.88. The monoisotopic (exact) mass is 1000 g/mol. The molecule has 2 aromatic heterocycles. The van der Waals surface area contributed by atoms with Crippen molar-refractivity contribution in [3.05, 3.63) is 153 Å². The summed E-state index contributed by atoms with van der Waals surface area (Å²) in [5.74, 6) is 25.9. The largest absolute Gasteiger partial charge is 0.263 e. The van der Waals surface area contributed by atoms with E-state index >= 15 is 0 Å². The molecular formula is C74H88N2. The molecule has 0 unspecified atom stereocenters. The van der Waals surface area contributed by atoms with Gasteiger partial charge >= 0.3 is 0 Å². The van der Waals surface area contributed by atoms with Crippen LogP contribution in [0.5, 0.6) is 0 Å². The fourth-order valence-electron chi connectivity index (χ4n) is 8.97. The Labute approximate surface area is 462 Å². The van der Waals surface area contributed by atoms with Gasteiger partial charge in [-0.25, -0.2) is 0 Å². The molecule has 4 aromatic carbocycles. The van der Waals surface area contributed by atoms with Crippen LogP contribution in [-0.2, 0) is 43.3 Å². The summed E-state index contributed by atoms with van der Waals surface area (Å²) in [5, 5.41) is 0. The van der Waals surface area contributed by atoms with Crippen molar-refractivity contribution in [3.63, 3.8) is 0 Å². The summed E-state index contributed by atoms with van der Waals surface area (Å²) in [6, 6.07) is 28.0. The molecule has 0 aliphatic carbocycles. The molecule has 0 N–H and O–H groups in total. The van der Waals surface area contributed by atoms with E-state index in [0.29, 0.717) is 0 Å². The van der Waals surface area contributed by atoms with Crippen LogP contribution in [0.2, 0.25) is 0 Å². The fourth-order valence-corrected chi connectivity index (χ4v) is 8.97. The van der Waals surface area contributed by atoms with E-state index in [1.807, 2.05) is 24.8 Å². The van der Waals surface area contributed by atoms with Crippen molar-refractivity contribution in [2.24, 2.45) is 0 Å². The summed E-state index contributed by atoms with van der Waals surface area (Å²) in [6.45, 7) is 54.6. The van der Waals surface area contributed by atoms with E-state index in [-0.39, 0.29) is 43.3 Å². The van der Waals surface area contributed by atoms with Crippen LogP contribution >= 0.6 is 0 Å². The molecule has 0 aliphatic heterocycles. The first-order valence-corrected chi connectivity index (χ1v) is 27.4. The van der Waals surface area contributed by atoms with Crippen molar-refractivity contribution in [3.8, 4) is 91.9 Å². The van der Waals surface area contributed by atoms with Crippen LogP contribution in [0.3, 0.4) is 0 Å². The number of aromatic nitrogens is 2. The summed E-state index contributed by atoms with van der Waals surface area (Å²) in [4.78, 5) is 9.87. The standard InChI is InChI=1S/C74H88N2/c1-67(2,3)53-33-49(34-54(41-53)68(4,5)6)63-45-75-46-64(50-35-55(69(7,8)9)42-56(36-50)70(10,11)12)61(63)31-29-27-25-26-28-30-32-62-65(51-37-57(71(13,14)15)43-58(38-51)72(16,17)18)47-76-48-66(62)52-39-59(73(19,20)21)44-60(40-52)74(22,23)24/h33-48H,1-24H3. The van der Waals surface area contributed by atoms with Crippen LogP contribution < -0.4 is 0 Å². The van der Waals surface area contributed by atoms with E-state index in [1.54, 1.807) is 0 Å². The molecule has 0 atom stereocenters. The molecular weight excluding hydrogens is 917 g/mol. The van der Waals surface area contributed by atoms with Crippen molar-refractivity contribution >= 4 is 0 Å². The molecule has 0 saturated carbocycles. The molecule has 2 nitrogen and oxygen atoms in total. The summed E-state index contributed by atoms with van der Waals surface area (Å²) in [5.41, 5.74) is 19.7. The van der Waals surface area contributed by atoms with E-state index in [2.05, 4.69) is 286 Å². The Bertz CT molecular complexity index is 2880. The number of hydrogen-bond donors (Lipinski definition) is 0. The van der Waals surface area contributed by atoms with Crippen LogP contribution in [-0.4, -0.2) is 9.97 Å². The quantitative estimate of drug-likeness (QED) is 0.165. The van der Waals surface area contributed by atoms with E-state index in [4.69, 9.17) is 9.97 Å². The van der Waals surface area contributed by atoms with Gasteiger partial charge < -0.3 is 0 Å². The zero-order valence-corrected chi connectivity index (χ0v) is 51.1. The van der Waals surface area contributed by atoms with Gasteiger partial charge in [0.25, 0.3) is 0 Å². The van der Waals surface area contributed by atoms with Gasteiger partial charge in [-0.1, -0.05) is 251 Å². The Morgan fingerprint density at radius 1 is 0.224 bits per heavy atom. The highest BCUT2D eigenvalue weighted by Gasteiger charge is 2.27. The first-order valence-electron chi connectivity index (χ1n) is 27.4. The lowest BCUT2D eigenvalue weighted by atomic mass is 9.77.